The molecule has 3 aromatic rings. The van der Waals surface area contributed by atoms with Crippen LogP contribution in [0.15, 0.2) is 57.6 Å². The van der Waals surface area contributed by atoms with Crippen molar-refractivity contribution in [2.45, 2.75) is 6.54 Å². The van der Waals surface area contributed by atoms with Crippen LogP contribution in [0.2, 0.25) is 0 Å². The molecule has 0 aliphatic carbocycles. The third-order valence-corrected chi connectivity index (χ3v) is 4.14. The summed E-state index contributed by atoms with van der Waals surface area (Å²) in [7, 11) is 0. The second kappa shape index (κ2) is 6.63. The second-order valence-electron chi connectivity index (χ2n) is 4.94. The Kier molecular flexibility index (Phi) is 4.39. The third kappa shape index (κ3) is 3.33. The summed E-state index contributed by atoms with van der Waals surface area (Å²) < 4.78 is 14.1. The van der Waals surface area contributed by atoms with Crippen molar-refractivity contribution in [3.05, 3.63) is 85.1 Å². The van der Waals surface area contributed by atoms with Gasteiger partial charge in [0.1, 0.15) is 11.4 Å². The molecular weight excluding hydrogens is 333 g/mol. The Morgan fingerprint density at radius 3 is 2.79 bits per heavy atom. The number of carbonyl (C=O) groups is 1. The van der Waals surface area contributed by atoms with Crippen LogP contribution in [0.4, 0.5) is 10.1 Å². The maximum Gasteiger partial charge on any atom is 0.328 e. The van der Waals surface area contributed by atoms with Crippen LogP contribution < -0.4 is 16.6 Å². The summed E-state index contributed by atoms with van der Waals surface area (Å²) in [6.07, 6.45) is 1.06. The van der Waals surface area contributed by atoms with E-state index < -0.39 is 23.0 Å². The first-order valence-electron chi connectivity index (χ1n) is 6.96. The normalized spacial score (nSPS) is 10.5. The molecule has 0 unspecified atom stereocenters. The van der Waals surface area contributed by atoms with E-state index in [0.717, 1.165) is 21.7 Å². The molecule has 2 heterocycles. The molecule has 0 aliphatic rings. The van der Waals surface area contributed by atoms with Crippen molar-refractivity contribution in [2.75, 3.05) is 5.32 Å². The van der Waals surface area contributed by atoms with Crippen molar-refractivity contribution in [3.63, 3.8) is 0 Å². The van der Waals surface area contributed by atoms with Crippen molar-refractivity contribution in [1.29, 1.82) is 0 Å². The number of H-pyrrole nitrogens is 1. The van der Waals surface area contributed by atoms with Gasteiger partial charge < -0.3 is 10.3 Å². The van der Waals surface area contributed by atoms with Crippen LogP contribution in [-0.4, -0.2) is 15.5 Å². The molecule has 122 valence electrons. The maximum absolute atomic E-state index is 13.2. The number of benzene rings is 1. The minimum absolute atomic E-state index is 0.0763. The molecule has 0 aliphatic heterocycles. The van der Waals surface area contributed by atoms with Crippen molar-refractivity contribution in [2.24, 2.45) is 0 Å². The van der Waals surface area contributed by atoms with E-state index in [1.165, 1.54) is 29.5 Å². The highest BCUT2D eigenvalue weighted by atomic mass is 32.1. The first-order valence-corrected chi connectivity index (χ1v) is 7.84. The van der Waals surface area contributed by atoms with Crippen molar-refractivity contribution in [1.82, 2.24) is 9.55 Å². The lowest BCUT2D eigenvalue weighted by atomic mass is 10.2. The molecule has 2 aromatic heterocycles. The largest absolute Gasteiger partial charge is 0.328 e. The Balaban J connectivity index is 1.92. The molecule has 3 rings (SSSR count). The molecule has 0 bridgehead atoms. The van der Waals surface area contributed by atoms with Gasteiger partial charge in [-0.25, -0.2) is 9.18 Å². The fourth-order valence-corrected chi connectivity index (χ4v) is 2.83. The fourth-order valence-electron chi connectivity index (χ4n) is 2.14. The van der Waals surface area contributed by atoms with Crippen molar-refractivity contribution >= 4 is 22.9 Å². The summed E-state index contributed by atoms with van der Waals surface area (Å²) in [6.45, 7) is 0.0763. The van der Waals surface area contributed by atoms with E-state index in [1.807, 2.05) is 5.38 Å². The third-order valence-electron chi connectivity index (χ3n) is 3.28. The summed E-state index contributed by atoms with van der Waals surface area (Å²) >= 11 is 1.40. The minimum Gasteiger partial charge on any atom is -0.322 e. The molecule has 0 radical (unpaired) electrons. The lowest BCUT2D eigenvalue weighted by Gasteiger charge is -2.07. The monoisotopic (exact) mass is 345 g/mol. The number of nitrogens with zero attached hydrogens (tertiary/aromatic N) is 1. The van der Waals surface area contributed by atoms with Crippen LogP contribution in [0.3, 0.4) is 0 Å². The van der Waals surface area contributed by atoms with E-state index in [4.69, 9.17) is 0 Å². The van der Waals surface area contributed by atoms with E-state index >= 15 is 0 Å². The Hall–Kier alpha value is -3.00. The number of hydrogen-bond donors (Lipinski definition) is 2. The summed E-state index contributed by atoms with van der Waals surface area (Å²) in [5.41, 5.74) is -1.32. The highest BCUT2D eigenvalue weighted by Crippen LogP contribution is 2.10. The summed E-state index contributed by atoms with van der Waals surface area (Å²) in [5, 5.41) is 4.26. The summed E-state index contributed by atoms with van der Waals surface area (Å²) in [6, 6.07) is 8.90. The number of hydrogen-bond acceptors (Lipinski definition) is 4. The number of rotatable bonds is 4. The van der Waals surface area contributed by atoms with Crippen molar-refractivity contribution < 1.29 is 9.18 Å². The Labute approximate surface area is 139 Å². The molecule has 6 nitrogen and oxygen atoms in total. The molecule has 1 amide bonds. The van der Waals surface area contributed by atoms with Gasteiger partial charge in [0.15, 0.2) is 0 Å². The van der Waals surface area contributed by atoms with Crippen LogP contribution in [0.1, 0.15) is 15.2 Å². The molecule has 0 saturated carbocycles. The first-order chi connectivity index (χ1) is 11.5. The zero-order valence-corrected chi connectivity index (χ0v) is 13.1. The van der Waals surface area contributed by atoms with Gasteiger partial charge in [-0.05, 0) is 29.6 Å². The topological polar surface area (TPSA) is 84.0 Å². The molecular formula is C16H12FN3O3S. The number of halogens is 1. The van der Waals surface area contributed by atoms with Gasteiger partial charge in [0.05, 0.1) is 6.54 Å². The van der Waals surface area contributed by atoms with E-state index in [1.54, 1.807) is 12.1 Å². The summed E-state index contributed by atoms with van der Waals surface area (Å²) in [5.74, 6) is -1.23. The quantitative estimate of drug-likeness (QED) is 0.759. The van der Waals surface area contributed by atoms with Gasteiger partial charge in [-0.3, -0.25) is 14.2 Å². The van der Waals surface area contributed by atoms with Gasteiger partial charge in [-0.15, -0.1) is 11.3 Å². The Morgan fingerprint density at radius 2 is 2.08 bits per heavy atom. The van der Waals surface area contributed by atoms with Gasteiger partial charge in [0, 0.05) is 16.8 Å². The fraction of sp³-hybridized carbons (Fsp3) is 0.0625. The van der Waals surface area contributed by atoms with E-state index in [2.05, 4.69) is 10.3 Å². The predicted molar refractivity (Wildman–Crippen MR) is 89.1 cm³/mol. The predicted octanol–water partition coefficient (Wildman–Crippen LogP) is 2.04. The minimum atomic E-state index is -0.721. The lowest BCUT2D eigenvalue weighted by molar-refractivity contribution is 0.102. The van der Waals surface area contributed by atoms with Crippen LogP contribution in [0, 0.1) is 5.82 Å². The average Bonchev–Trinajstić information content (AvgIpc) is 3.04. The van der Waals surface area contributed by atoms with Gasteiger partial charge >= 0.3 is 5.69 Å². The van der Waals surface area contributed by atoms with Crippen LogP contribution in [0.25, 0.3) is 0 Å². The number of aromatic nitrogens is 2. The van der Waals surface area contributed by atoms with Gasteiger partial charge in [0.2, 0.25) is 0 Å². The number of anilines is 1. The zero-order valence-electron chi connectivity index (χ0n) is 12.3. The number of aromatic amines is 1. The number of nitrogens with one attached hydrogen (secondary N) is 2. The molecule has 0 spiro atoms. The summed E-state index contributed by atoms with van der Waals surface area (Å²) in [4.78, 5) is 39.7. The number of thiophene rings is 1. The van der Waals surface area contributed by atoms with Crippen LogP contribution in [0.5, 0.6) is 0 Å². The van der Waals surface area contributed by atoms with Crippen LogP contribution >= 0.6 is 11.3 Å². The first kappa shape index (κ1) is 15.9. The zero-order chi connectivity index (χ0) is 17.1. The molecule has 1 aromatic carbocycles. The van der Waals surface area contributed by atoms with Gasteiger partial charge in [-0.2, -0.15) is 0 Å². The lowest BCUT2D eigenvalue weighted by Crippen LogP contribution is -2.39. The highest BCUT2D eigenvalue weighted by molar-refractivity contribution is 7.09. The van der Waals surface area contributed by atoms with E-state index in [9.17, 15) is 18.8 Å². The van der Waals surface area contributed by atoms with E-state index in [-0.39, 0.29) is 17.8 Å². The smallest absolute Gasteiger partial charge is 0.322 e. The molecule has 2 N–H and O–H groups in total. The standard InChI is InChI=1S/C16H12FN3O3S/c17-10-3-1-4-11(7-10)19-14(21)13-8-18-16(23)20(15(13)22)9-12-5-2-6-24-12/h1-8H,9H2,(H,18,23)(H,19,21). The van der Waals surface area contributed by atoms with E-state index in [0.29, 0.717) is 0 Å². The Morgan fingerprint density at radius 1 is 1.25 bits per heavy atom. The van der Waals surface area contributed by atoms with Crippen LogP contribution in [-0.2, 0) is 6.54 Å². The van der Waals surface area contributed by atoms with Gasteiger partial charge in [0.25, 0.3) is 11.5 Å². The average molecular weight is 345 g/mol. The highest BCUT2D eigenvalue weighted by Gasteiger charge is 2.15. The molecule has 0 fully saturated rings. The molecule has 0 saturated heterocycles. The molecule has 8 heteroatoms. The Bertz CT molecular complexity index is 992. The molecule has 0 atom stereocenters. The molecule has 24 heavy (non-hydrogen) atoms. The van der Waals surface area contributed by atoms with Gasteiger partial charge in [-0.1, -0.05) is 12.1 Å². The second-order valence-corrected chi connectivity index (χ2v) is 5.97. The number of amides is 1. The SMILES string of the molecule is O=C(Nc1cccc(F)c1)c1c[nH]c(=O)n(Cc2cccs2)c1=O. The number of carbonyl (C=O) groups excluding carboxylic acids is 1. The van der Waals surface area contributed by atoms with Crippen molar-refractivity contribution in [3.8, 4) is 0 Å². The maximum atomic E-state index is 13.2.